The van der Waals surface area contributed by atoms with Crippen molar-refractivity contribution in [3.05, 3.63) is 231 Å². The molecule has 284 valence electrons. The maximum Gasteiger partial charge on any atom is 0.0355 e. The Kier molecular flexibility index (Phi) is 8.47. The van der Waals surface area contributed by atoms with Gasteiger partial charge in [-0.15, -0.1) is 11.3 Å². The summed E-state index contributed by atoms with van der Waals surface area (Å²) in [6.07, 6.45) is 0. The van der Waals surface area contributed by atoms with Crippen molar-refractivity contribution in [1.29, 1.82) is 0 Å². The molecule has 0 radical (unpaired) electrons. The summed E-state index contributed by atoms with van der Waals surface area (Å²) in [7, 11) is 0. The molecule has 1 heterocycles. The summed E-state index contributed by atoms with van der Waals surface area (Å²) < 4.78 is 2.63. The van der Waals surface area contributed by atoms with E-state index in [0.717, 1.165) is 0 Å². The van der Waals surface area contributed by atoms with Gasteiger partial charge in [0, 0.05) is 20.2 Å². The van der Waals surface area contributed by atoms with Gasteiger partial charge in [-0.1, -0.05) is 194 Å². The van der Waals surface area contributed by atoms with Crippen LogP contribution in [-0.4, -0.2) is 0 Å². The van der Waals surface area contributed by atoms with E-state index in [9.17, 15) is 0 Å². The highest BCUT2D eigenvalue weighted by Gasteiger charge is 2.19. The molecule has 0 fully saturated rings. The molecular weight excluding hydrogens is 753 g/mol. The fraction of sp³-hybridized carbons (Fsp3) is 0. The van der Waals surface area contributed by atoms with Crippen LogP contribution in [0.5, 0.6) is 0 Å². The van der Waals surface area contributed by atoms with Gasteiger partial charge in [0.1, 0.15) is 0 Å². The lowest BCUT2D eigenvalue weighted by Gasteiger charge is -2.19. The zero-order chi connectivity index (χ0) is 40.3. The standard InChI is InChI=1S/C60H38S/c1-3-15-39(16-4-1)43-30-33-56-54(37-43)55-38-44(31-34-57(55)61-56)42-20-13-22-46(35-42)59-50-25-9-11-27-52(50)60(53-28-12-10-26-51(53)59)47-23-14-21-45(36-47)49-32-29-40-17-7-8-24-48(40)58(49)41-18-5-2-6-19-41/h1-38H. The molecule has 11 aromatic carbocycles. The molecule has 0 N–H and O–H groups in total. The summed E-state index contributed by atoms with van der Waals surface area (Å²) in [6, 6.07) is 85.0. The van der Waals surface area contributed by atoms with Crippen LogP contribution >= 0.6 is 11.3 Å². The first kappa shape index (κ1) is 35.4. The molecule has 0 spiro atoms. The minimum atomic E-state index is 1.21. The van der Waals surface area contributed by atoms with Crippen LogP contribution < -0.4 is 0 Å². The molecule has 0 aliphatic carbocycles. The highest BCUT2D eigenvalue weighted by atomic mass is 32.1. The number of hydrogen-bond donors (Lipinski definition) is 0. The molecule has 12 rings (SSSR count). The van der Waals surface area contributed by atoms with Gasteiger partial charge in [0.2, 0.25) is 0 Å². The quantitative estimate of drug-likeness (QED) is 0.147. The lowest BCUT2D eigenvalue weighted by molar-refractivity contribution is 1.60. The van der Waals surface area contributed by atoms with E-state index in [2.05, 4.69) is 231 Å². The van der Waals surface area contributed by atoms with E-state index in [4.69, 9.17) is 0 Å². The second kappa shape index (κ2) is 14.6. The Morgan fingerprint density at radius 1 is 0.213 bits per heavy atom. The molecule has 0 nitrogen and oxygen atoms in total. The Labute approximate surface area is 359 Å². The lowest BCUT2D eigenvalue weighted by Crippen LogP contribution is -1.92. The molecule has 0 saturated heterocycles. The SMILES string of the molecule is c1ccc(-c2ccc3sc4ccc(-c5cccc(-c6c7ccccc7c(-c7cccc(-c8ccc9ccccc9c8-c8ccccc8)c7)c7ccccc67)c5)cc4c3c2)cc1. The van der Waals surface area contributed by atoms with Gasteiger partial charge in [-0.2, -0.15) is 0 Å². The van der Waals surface area contributed by atoms with Crippen molar-refractivity contribution in [2.45, 2.75) is 0 Å². The Hall–Kier alpha value is -7.58. The topological polar surface area (TPSA) is 0 Å². The predicted octanol–water partition coefficient (Wildman–Crippen LogP) is 17.5. The van der Waals surface area contributed by atoms with Crippen molar-refractivity contribution in [2.75, 3.05) is 0 Å². The van der Waals surface area contributed by atoms with Crippen molar-refractivity contribution in [3.63, 3.8) is 0 Å². The van der Waals surface area contributed by atoms with Gasteiger partial charge in [-0.25, -0.2) is 0 Å². The maximum atomic E-state index is 2.40. The van der Waals surface area contributed by atoms with E-state index in [1.807, 2.05) is 11.3 Å². The summed E-state index contributed by atoms with van der Waals surface area (Å²) in [4.78, 5) is 0. The van der Waals surface area contributed by atoms with Gasteiger partial charge in [0.05, 0.1) is 0 Å². The summed E-state index contributed by atoms with van der Waals surface area (Å²) in [6.45, 7) is 0. The second-order valence-electron chi connectivity index (χ2n) is 16.0. The minimum Gasteiger partial charge on any atom is -0.135 e. The Bertz CT molecular complexity index is 3570. The van der Waals surface area contributed by atoms with Crippen molar-refractivity contribution in [1.82, 2.24) is 0 Å². The highest BCUT2D eigenvalue weighted by molar-refractivity contribution is 7.25. The number of thiophene rings is 1. The first-order valence-corrected chi connectivity index (χ1v) is 21.8. The molecule has 12 aromatic rings. The first-order chi connectivity index (χ1) is 30.2. The van der Waals surface area contributed by atoms with Crippen LogP contribution in [0.1, 0.15) is 0 Å². The summed E-state index contributed by atoms with van der Waals surface area (Å²) in [5.41, 5.74) is 14.8. The minimum absolute atomic E-state index is 1.21. The molecule has 0 aliphatic rings. The summed E-state index contributed by atoms with van der Waals surface area (Å²) in [5.74, 6) is 0. The molecule has 61 heavy (non-hydrogen) atoms. The van der Waals surface area contributed by atoms with Crippen LogP contribution in [0.3, 0.4) is 0 Å². The van der Waals surface area contributed by atoms with Gasteiger partial charge in [-0.05, 0) is 135 Å². The van der Waals surface area contributed by atoms with Gasteiger partial charge >= 0.3 is 0 Å². The van der Waals surface area contributed by atoms with Crippen LogP contribution in [-0.2, 0) is 0 Å². The van der Waals surface area contributed by atoms with Gasteiger partial charge < -0.3 is 0 Å². The largest absolute Gasteiger partial charge is 0.135 e. The van der Waals surface area contributed by atoms with E-state index >= 15 is 0 Å². The van der Waals surface area contributed by atoms with Gasteiger partial charge in [0.15, 0.2) is 0 Å². The molecule has 0 unspecified atom stereocenters. The third kappa shape index (κ3) is 6.05. The van der Waals surface area contributed by atoms with E-state index in [0.29, 0.717) is 0 Å². The summed E-state index contributed by atoms with van der Waals surface area (Å²) in [5, 5.41) is 10.1. The third-order valence-electron chi connectivity index (χ3n) is 12.4. The Morgan fingerprint density at radius 3 is 1.23 bits per heavy atom. The molecule has 0 saturated carbocycles. The second-order valence-corrected chi connectivity index (χ2v) is 17.1. The maximum absolute atomic E-state index is 2.40. The third-order valence-corrected chi connectivity index (χ3v) is 13.6. The normalized spacial score (nSPS) is 11.6. The van der Waals surface area contributed by atoms with E-state index < -0.39 is 0 Å². The molecule has 0 bridgehead atoms. The van der Waals surface area contributed by atoms with Crippen molar-refractivity contribution in [3.8, 4) is 66.8 Å². The smallest absolute Gasteiger partial charge is 0.0355 e. The highest BCUT2D eigenvalue weighted by Crippen LogP contribution is 2.46. The monoisotopic (exact) mass is 790 g/mol. The van der Waals surface area contributed by atoms with Gasteiger partial charge in [0.25, 0.3) is 0 Å². The lowest BCUT2D eigenvalue weighted by atomic mass is 9.84. The molecule has 1 aromatic heterocycles. The summed E-state index contributed by atoms with van der Waals surface area (Å²) >= 11 is 1.87. The first-order valence-electron chi connectivity index (χ1n) is 21.0. The fourth-order valence-corrected chi connectivity index (χ4v) is 10.7. The predicted molar refractivity (Wildman–Crippen MR) is 264 cm³/mol. The molecule has 1 heteroatoms. The van der Waals surface area contributed by atoms with Crippen LogP contribution in [0.2, 0.25) is 0 Å². The van der Waals surface area contributed by atoms with Gasteiger partial charge in [-0.3, -0.25) is 0 Å². The zero-order valence-electron chi connectivity index (χ0n) is 33.3. The molecule has 0 atom stereocenters. The van der Waals surface area contributed by atoms with E-state index in [1.54, 1.807) is 0 Å². The zero-order valence-corrected chi connectivity index (χ0v) is 34.2. The van der Waals surface area contributed by atoms with Crippen molar-refractivity contribution >= 4 is 63.8 Å². The van der Waals surface area contributed by atoms with Crippen molar-refractivity contribution < 1.29 is 0 Å². The molecule has 0 amide bonds. The average molecular weight is 791 g/mol. The van der Waals surface area contributed by atoms with E-state index in [-0.39, 0.29) is 0 Å². The fourth-order valence-electron chi connectivity index (χ4n) is 9.64. The Balaban J connectivity index is 1.01. The number of fused-ring (bicyclic) bond motifs is 6. The van der Waals surface area contributed by atoms with Crippen molar-refractivity contribution in [2.24, 2.45) is 0 Å². The number of rotatable bonds is 6. The molecular formula is C60H38S. The Morgan fingerprint density at radius 2 is 0.639 bits per heavy atom. The molecule has 0 aliphatic heterocycles. The van der Waals surface area contributed by atoms with E-state index in [1.165, 1.54) is 119 Å². The van der Waals surface area contributed by atoms with Crippen LogP contribution in [0, 0.1) is 0 Å². The number of hydrogen-bond acceptors (Lipinski definition) is 1. The van der Waals surface area contributed by atoms with Crippen LogP contribution in [0.25, 0.3) is 119 Å². The van der Waals surface area contributed by atoms with Crippen LogP contribution in [0.15, 0.2) is 231 Å². The van der Waals surface area contributed by atoms with Crippen LogP contribution in [0.4, 0.5) is 0 Å². The average Bonchev–Trinajstić information content (AvgIpc) is 3.71. The number of benzene rings is 11.